The lowest BCUT2D eigenvalue weighted by Gasteiger charge is -2.26. The molecular weight excluding hydrogens is 280 g/mol. The Kier molecular flexibility index (Phi) is 2.70. The highest BCUT2D eigenvalue weighted by Crippen LogP contribution is 2.58. The van der Waals surface area contributed by atoms with Crippen LogP contribution in [0.3, 0.4) is 0 Å². The molecule has 6 heteroatoms. The Bertz CT molecular complexity index is 456. The molecule has 2 nitrogen and oxygen atoms in total. The first-order valence-electron chi connectivity index (χ1n) is 4.97. The molecule has 3 aliphatic rings. The van der Waals surface area contributed by atoms with Gasteiger partial charge in [0.25, 0.3) is 0 Å². The first-order chi connectivity index (χ1) is 7.65. The van der Waals surface area contributed by atoms with Gasteiger partial charge >= 0.3 is 0 Å². The Hall–Kier alpha value is 0.480. The minimum absolute atomic E-state index is 0.000756. The van der Waals surface area contributed by atoms with E-state index >= 15 is 0 Å². The SMILES string of the molecule is CSC1=C[C@H]2[C@H](C3C=C[C@]2(SC)S3=O)[S@@]1=O. The second kappa shape index (κ2) is 3.73. The van der Waals surface area contributed by atoms with Gasteiger partial charge in [-0.05, 0) is 12.5 Å². The lowest BCUT2D eigenvalue weighted by atomic mass is 9.94. The van der Waals surface area contributed by atoms with Gasteiger partial charge in [-0.15, -0.1) is 23.5 Å². The molecule has 0 aromatic rings. The molecule has 1 saturated heterocycles. The second-order valence-corrected chi connectivity index (χ2v) is 9.87. The van der Waals surface area contributed by atoms with Gasteiger partial charge in [-0.1, -0.05) is 18.2 Å². The normalized spacial score (nSPS) is 53.1. The quantitative estimate of drug-likeness (QED) is 0.726. The van der Waals surface area contributed by atoms with Crippen LogP contribution >= 0.6 is 23.5 Å². The summed E-state index contributed by atoms with van der Waals surface area (Å²) in [6, 6.07) is 0. The number of hydrogen-bond donors (Lipinski definition) is 0. The van der Waals surface area contributed by atoms with Crippen molar-refractivity contribution in [3.63, 3.8) is 0 Å². The summed E-state index contributed by atoms with van der Waals surface area (Å²) in [5.74, 6) is 0.196. The molecule has 3 heterocycles. The molecular formula is C10H12O2S4. The fourth-order valence-electron chi connectivity index (χ4n) is 2.74. The number of rotatable bonds is 2. The Labute approximate surface area is 109 Å². The standard InChI is InChI=1S/C10H12O2S4/c1-13-8-5-6-9(15(8)11)7-3-4-10(6,14-2)16(7)12/h3-7,9H,1-2H3/t6-,7?,9+,10-,15+,16?/m0/s1. The van der Waals surface area contributed by atoms with Crippen LogP contribution in [0.4, 0.5) is 0 Å². The summed E-state index contributed by atoms with van der Waals surface area (Å²) in [6.45, 7) is 0. The Morgan fingerprint density at radius 2 is 2.12 bits per heavy atom. The third-order valence-corrected chi connectivity index (χ3v) is 10.8. The predicted octanol–water partition coefficient (Wildman–Crippen LogP) is 1.70. The van der Waals surface area contributed by atoms with E-state index in [1.165, 1.54) is 0 Å². The van der Waals surface area contributed by atoms with Gasteiger partial charge in [0.1, 0.15) is 4.08 Å². The van der Waals surface area contributed by atoms with Crippen LogP contribution in [0.25, 0.3) is 0 Å². The Morgan fingerprint density at radius 1 is 1.38 bits per heavy atom. The fraction of sp³-hybridized carbons (Fsp3) is 0.600. The summed E-state index contributed by atoms with van der Waals surface area (Å²) >= 11 is 3.21. The Balaban J connectivity index is 2.11. The van der Waals surface area contributed by atoms with Gasteiger partial charge in [-0.3, -0.25) is 8.42 Å². The molecule has 16 heavy (non-hydrogen) atoms. The summed E-state index contributed by atoms with van der Waals surface area (Å²) in [6.07, 6.45) is 10.2. The molecule has 6 atom stereocenters. The van der Waals surface area contributed by atoms with E-state index in [4.69, 9.17) is 0 Å². The van der Waals surface area contributed by atoms with E-state index in [2.05, 4.69) is 12.2 Å². The van der Waals surface area contributed by atoms with Gasteiger partial charge in [0.15, 0.2) is 0 Å². The number of allylic oxidation sites excluding steroid dienone is 1. The van der Waals surface area contributed by atoms with Crippen molar-refractivity contribution in [3.8, 4) is 0 Å². The number of hydrogen-bond acceptors (Lipinski definition) is 4. The van der Waals surface area contributed by atoms with Crippen molar-refractivity contribution in [1.29, 1.82) is 0 Å². The van der Waals surface area contributed by atoms with Crippen molar-refractivity contribution in [3.05, 3.63) is 22.5 Å². The predicted molar refractivity (Wildman–Crippen MR) is 74.3 cm³/mol. The average molecular weight is 292 g/mol. The van der Waals surface area contributed by atoms with E-state index in [1.807, 2.05) is 18.6 Å². The van der Waals surface area contributed by atoms with Gasteiger partial charge in [0, 0.05) is 5.92 Å². The second-order valence-electron chi connectivity index (χ2n) is 4.02. The third-order valence-electron chi connectivity index (χ3n) is 3.50. The molecule has 0 spiro atoms. The molecule has 0 aromatic heterocycles. The van der Waals surface area contributed by atoms with Crippen molar-refractivity contribution in [2.75, 3.05) is 12.5 Å². The van der Waals surface area contributed by atoms with E-state index in [9.17, 15) is 8.42 Å². The van der Waals surface area contributed by atoms with Crippen LogP contribution in [0.1, 0.15) is 0 Å². The monoisotopic (exact) mass is 292 g/mol. The maximum atomic E-state index is 12.3. The zero-order valence-electron chi connectivity index (χ0n) is 8.91. The molecule has 88 valence electrons. The molecule has 3 rings (SSSR count). The summed E-state index contributed by atoms with van der Waals surface area (Å²) in [7, 11) is -1.85. The highest BCUT2D eigenvalue weighted by Gasteiger charge is 2.64. The van der Waals surface area contributed by atoms with Gasteiger partial charge < -0.3 is 0 Å². The van der Waals surface area contributed by atoms with Gasteiger partial charge in [-0.25, -0.2) is 0 Å². The zero-order valence-corrected chi connectivity index (χ0v) is 12.2. The van der Waals surface area contributed by atoms with Crippen LogP contribution in [0.15, 0.2) is 22.5 Å². The molecule has 0 aliphatic carbocycles. The molecule has 2 bridgehead atoms. The van der Waals surface area contributed by atoms with Crippen LogP contribution in [0.5, 0.6) is 0 Å². The van der Waals surface area contributed by atoms with Gasteiger partial charge in [-0.2, -0.15) is 0 Å². The van der Waals surface area contributed by atoms with Crippen LogP contribution < -0.4 is 0 Å². The summed E-state index contributed by atoms with van der Waals surface area (Å²) in [4.78, 5) is 0. The molecule has 0 saturated carbocycles. The summed E-state index contributed by atoms with van der Waals surface area (Å²) in [5.41, 5.74) is 0. The maximum absolute atomic E-state index is 12.3. The number of fused-ring (bicyclic) bond motifs is 5. The minimum atomic E-state index is -0.947. The number of thioether (sulfide) groups is 2. The summed E-state index contributed by atoms with van der Waals surface area (Å²) < 4.78 is 25.3. The topological polar surface area (TPSA) is 34.1 Å². The minimum Gasteiger partial charge on any atom is -0.257 e. The average Bonchev–Trinajstić information content (AvgIpc) is 2.87. The van der Waals surface area contributed by atoms with E-state index in [1.54, 1.807) is 23.5 Å². The first kappa shape index (κ1) is 11.6. The molecule has 0 amide bonds. The van der Waals surface area contributed by atoms with Gasteiger partial charge in [0.2, 0.25) is 0 Å². The van der Waals surface area contributed by atoms with Crippen molar-refractivity contribution in [2.45, 2.75) is 14.6 Å². The molecule has 0 aromatic carbocycles. The first-order valence-corrected chi connectivity index (χ1v) is 9.85. The molecule has 2 unspecified atom stereocenters. The van der Waals surface area contributed by atoms with Gasteiger partial charge in [0.05, 0.1) is 36.3 Å². The maximum Gasteiger partial charge on any atom is 0.117 e. The molecule has 0 N–H and O–H groups in total. The van der Waals surface area contributed by atoms with E-state index < -0.39 is 21.6 Å². The molecule has 1 fully saturated rings. The van der Waals surface area contributed by atoms with Crippen molar-refractivity contribution >= 4 is 45.1 Å². The van der Waals surface area contributed by atoms with Crippen LogP contribution in [-0.2, 0) is 21.6 Å². The van der Waals surface area contributed by atoms with E-state index in [0.29, 0.717) is 0 Å². The smallest absolute Gasteiger partial charge is 0.117 e. The lowest BCUT2D eigenvalue weighted by Crippen LogP contribution is -2.33. The molecule has 3 aliphatic heterocycles. The van der Waals surface area contributed by atoms with Crippen LogP contribution in [-0.4, -0.2) is 35.5 Å². The van der Waals surface area contributed by atoms with Crippen molar-refractivity contribution in [2.24, 2.45) is 5.92 Å². The lowest BCUT2D eigenvalue weighted by molar-refractivity contribution is 0.615. The van der Waals surface area contributed by atoms with E-state index in [-0.39, 0.29) is 20.5 Å². The van der Waals surface area contributed by atoms with Crippen LogP contribution in [0, 0.1) is 5.92 Å². The van der Waals surface area contributed by atoms with Crippen LogP contribution in [0.2, 0.25) is 0 Å². The molecule has 0 radical (unpaired) electrons. The fourth-order valence-corrected chi connectivity index (χ4v) is 9.68. The van der Waals surface area contributed by atoms with E-state index in [0.717, 1.165) is 4.24 Å². The largest absolute Gasteiger partial charge is 0.257 e. The highest BCUT2D eigenvalue weighted by atomic mass is 32.2. The van der Waals surface area contributed by atoms with Crippen molar-refractivity contribution < 1.29 is 8.42 Å². The summed E-state index contributed by atoms with van der Waals surface area (Å²) in [5, 5.41) is 0.0555. The Morgan fingerprint density at radius 3 is 2.75 bits per heavy atom. The zero-order chi connectivity index (χ0) is 11.5. The van der Waals surface area contributed by atoms with Crippen molar-refractivity contribution in [1.82, 2.24) is 0 Å². The third kappa shape index (κ3) is 1.17. The highest BCUT2D eigenvalue weighted by molar-refractivity contribution is 8.17.